The summed E-state index contributed by atoms with van der Waals surface area (Å²) in [7, 11) is 0. The lowest BCUT2D eigenvalue weighted by molar-refractivity contribution is 0.625. The third-order valence-electron chi connectivity index (χ3n) is 1.54. The lowest BCUT2D eigenvalue weighted by Gasteiger charge is -1.99. The molecule has 0 atom stereocenters. The molecule has 0 bridgehead atoms. The minimum atomic E-state index is -0.344. The number of hydrogen-bond donors (Lipinski definition) is 1. The molecule has 3 heteroatoms. The van der Waals surface area contributed by atoms with Crippen LogP contribution in [0, 0.1) is 29.0 Å². The summed E-state index contributed by atoms with van der Waals surface area (Å²) in [4.78, 5) is 0. The van der Waals surface area contributed by atoms with E-state index in [1.165, 1.54) is 18.2 Å². The highest BCUT2D eigenvalue weighted by molar-refractivity contribution is 5.43. The van der Waals surface area contributed by atoms with Gasteiger partial charge in [-0.1, -0.05) is 5.92 Å². The molecule has 0 spiro atoms. The molecule has 0 saturated heterocycles. The Morgan fingerprint density at radius 3 is 2.85 bits per heavy atom. The van der Waals surface area contributed by atoms with E-state index < -0.39 is 0 Å². The highest BCUT2D eigenvalue weighted by atomic mass is 19.1. The number of nitrogens with zero attached hydrogens (tertiary/aromatic N) is 1. The Morgan fingerprint density at radius 2 is 2.23 bits per heavy atom. The second-order valence-corrected chi connectivity index (χ2v) is 2.37. The van der Waals surface area contributed by atoms with E-state index in [1.807, 2.05) is 0 Å². The van der Waals surface area contributed by atoms with Gasteiger partial charge in [0.25, 0.3) is 0 Å². The predicted molar refractivity (Wildman–Crippen MR) is 46.8 cm³/mol. The summed E-state index contributed by atoms with van der Waals surface area (Å²) >= 11 is 0. The highest BCUT2D eigenvalue weighted by Gasteiger charge is 1.99. The Bertz CT molecular complexity index is 407. The Morgan fingerprint density at radius 1 is 1.46 bits per heavy atom. The average Bonchev–Trinajstić information content (AvgIpc) is 2.16. The van der Waals surface area contributed by atoms with Gasteiger partial charge in [0.15, 0.2) is 6.07 Å². The van der Waals surface area contributed by atoms with Gasteiger partial charge in [-0.3, -0.25) is 0 Å². The fraction of sp³-hybridized carbons (Fsp3) is 0.100. The molecule has 0 aromatic heterocycles. The Kier molecular flexibility index (Phi) is 3.03. The van der Waals surface area contributed by atoms with Crippen LogP contribution in [0.5, 0.6) is 0 Å². The molecule has 1 aromatic rings. The molecule has 0 radical (unpaired) electrons. The second kappa shape index (κ2) is 4.25. The normalized spacial score (nSPS) is 8.38. The maximum Gasteiger partial charge on any atom is 0.152 e. The molecular weight excluding hydrogens is 167 g/mol. The summed E-state index contributed by atoms with van der Waals surface area (Å²) in [6.45, 7) is 0.215. The summed E-state index contributed by atoms with van der Waals surface area (Å²) in [5.41, 5.74) is 6.59. The average molecular weight is 174 g/mol. The summed E-state index contributed by atoms with van der Waals surface area (Å²) in [5.74, 6) is 4.48. The van der Waals surface area contributed by atoms with Crippen LogP contribution >= 0.6 is 0 Å². The van der Waals surface area contributed by atoms with Crippen LogP contribution in [-0.2, 0) is 6.54 Å². The molecule has 0 unspecified atom stereocenters. The van der Waals surface area contributed by atoms with Crippen LogP contribution in [0.1, 0.15) is 11.1 Å². The molecule has 0 heterocycles. The zero-order chi connectivity index (χ0) is 9.68. The first-order chi connectivity index (χ1) is 6.27. The minimum Gasteiger partial charge on any atom is -0.326 e. The molecular formula is C10H7FN2. The SMILES string of the molecule is N#CC#Cc1ccc(F)cc1CN. The van der Waals surface area contributed by atoms with Crippen molar-refractivity contribution >= 4 is 0 Å². The number of rotatable bonds is 1. The van der Waals surface area contributed by atoms with Crippen molar-refractivity contribution in [3.8, 4) is 17.9 Å². The van der Waals surface area contributed by atoms with E-state index >= 15 is 0 Å². The van der Waals surface area contributed by atoms with Crippen molar-refractivity contribution in [3.05, 3.63) is 35.1 Å². The van der Waals surface area contributed by atoms with Gasteiger partial charge >= 0.3 is 0 Å². The first kappa shape index (κ1) is 9.25. The van der Waals surface area contributed by atoms with E-state index in [2.05, 4.69) is 11.8 Å². The Hall–Kier alpha value is -1.84. The summed E-state index contributed by atoms with van der Waals surface area (Å²) in [5, 5.41) is 8.22. The maximum absolute atomic E-state index is 12.7. The smallest absolute Gasteiger partial charge is 0.152 e. The van der Waals surface area contributed by atoms with Gasteiger partial charge in [-0.2, -0.15) is 5.26 Å². The van der Waals surface area contributed by atoms with Crippen molar-refractivity contribution in [1.29, 1.82) is 5.26 Å². The second-order valence-electron chi connectivity index (χ2n) is 2.37. The first-order valence-corrected chi connectivity index (χ1v) is 3.66. The number of benzene rings is 1. The molecule has 0 saturated carbocycles. The molecule has 64 valence electrons. The van der Waals surface area contributed by atoms with Gasteiger partial charge in [0.1, 0.15) is 5.82 Å². The van der Waals surface area contributed by atoms with Crippen LogP contribution in [0.25, 0.3) is 0 Å². The zero-order valence-corrected chi connectivity index (χ0v) is 6.84. The molecule has 0 aliphatic carbocycles. The summed E-state index contributed by atoms with van der Waals surface area (Å²) in [6.07, 6.45) is 0. The Balaban J connectivity index is 3.15. The van der Waals surface area contributed by atoms with Gasteiger partial charge in [0, 0.05) is 18.0 Å². The van der Waals surface area contributed by atoms with Crippen molar-refractivity contribution in [1.82, 2.24) is 0 Å². The van der Waals surface area contributed by atoms with E-state index in [0.717, 1.165) is 0 Å². The molecule has 0 aliphatic heterocycles. The number of nitriles is 1. The van der Waals surface area contributed by atoms with Crippen LogP contribution in [0.2, 0.25) is 0 Å². The van der Waals surface area contributed by atoms with Crippen molar-refractivity contribution < 1.29 is 4.39 Å². The number of hydrogen-bond acceptors (Lipinski definition) is 2. The zero-order valence-electron chi connectivity index (χ0n) is 6.84. The van der Waals surface area contributed by atoms with Crippen molar-refractivity contribution in [2.45, 2.75) is 6.54 Å². The van der Waals surface area contributed by atoms with Crippen molar-refractivity contribution in [2.24, 2.45) is 5.73 Å². The van der Waals surface area contributed by atoms with E-state index in [9.17, 15) is 4.39 Å². The van der Waals surface area contributed by atoms with Gasteiger partial charge in [0.05, 0.1) is 0 Å². The van der Waals surface area contributed by atoms with Gasteiger partial charge in [-0.05, 0) is 23.8 Å². The van der Waals surface area contributed by atoms with E-state index in [0.29, 0.717) is 11.1 Å². The topological polar surface area (TPSA) is 49.8 Å². The van der Waals surface area contributed by atoms with Crippen molar-refractivity contribution in [2.75, 3.05) is 0 Å². The van der Waals surface area contributed by atoms with Gasteiger partial charge in [-0.15, -0.1) is 0 Å². The summed E-state index contributed by atoms with van der Waals surface area (Å²) in [6, 6.07) is 5.82. The molecule has 2 N–H and O–H groups in total. The van der Waals surface area contributed by atoms with E-state index in [4.69, 9.17) is 11.0 Å². The van der Waals surface area contributed by atoms with Crippen LogP contribution in [0.4, 0.5) is 4.39 Å². The molecule has 0 fully saturated rings. The predicted octanol–water partition coefficient (Wildman–Crippen LogP) is 1.16. The lowest BCUT2D eigenvalue weighted by atomic mass is 10.1. The quantitative estimate of drug-likeness (QED) is 0.649. The van der Waals surface area contributed by atoms with Crippen LogP contribution in [-0.4, -0.2) is 0 Å². The van der Waals surface area contributed by atoms with Crippen molar-refractivity contribution in [3.63, 3.8) is 0 Å². The van der Waals surface area contributed by atoms with Gasteiger partial charge in [0.2, 0.25) is 0 Å². The number of nitrogens with two attached hydrogens (primary N) is 1. The summed E-state index contributed by atoms with van der Waals surface area (Å²) < 4.78 is 12.7. The molecule has 0 amide bonds. The maximum atomic E-state index is 12.7. The minimum absolute atomic E-state index is 0.215. The fourth-order valence-electron chi connectivity index (χ4n) is 0.948. The van der Waals surface area contributed by atoms with Gasteiger partial charge < -0.3 is 5.73 Å². The Labute approximate surface area is 75.8 Å². The molecule has 1 aromatic carbocycles. The standard InChI is InChI=1S/C10H7FN2/c11-10-4-3-8(2-1-5-12)9(6-10)7-13/h3-4,6H,7,13H2. The van der Waals surface area contributed by atoms with E-state index in [-0.39, 0.29) is 12.4 Å². The third-order valence-corrected chi connectivity index (χ3v) is 1.54. The van der Waals surface area contributed by atoms with Crippen LogP contribution in [0.3, 0.4) is 0 Å². The van der Waals surface area contributed by atoms with E-state index in [1.54, 1.807) is 6.07 Å². The number of halogens is 1. The molecule has 13 heavy (non-hydrogen) atoms. The molecule has 2 nitrogen and oxygen atoms in total. The fourth-order valence-corrected chi connectivity index (χ4v) is 0.948. The lowest BCUT2D eigenvalue weighted by Crippen LogP contribution is -1.99. The van der Waals surface area contributed by atoms with Crippen LogP contribution in [0.15, 0.2) is 18.2 Å². The largest absolute Gasteiger partial charge is 0.326 e. The highest BCUT2D eigenvalue weighted by Crippen LogP contribution is 2.09. The van der Waals surface area contributed by atoms with Crippen LogP contribution < -0.4 is 5.73 Å². The molecule has 1 rings (SSSR count). The monoisotopic (exact) mass is 174 g/mol. The third kappa shape index (κ3) is 2.30. The van der Waals surface area contributed by atoms with Gasteiger partial charge in [-0.25, -0.2) is 4.39 Å². The first-order valence-electron chi connectivity index (χ1n) is 3.66. The molecule has 0 aliphatic rings.